The van der Waals surface area contributed by atoms with Gasteiger partial charge in [0.1, 0.15) is 10.9 Å². The molecule has 1 aromatic carbocycles. The van der Waals surface area contributed by atoms with Gasteiger partial charge in [-0.15, -0.1) is 11.3 Å². The molecule has 21 heavy (non-hydrogen) atoms. The van der Waals surface area contributed by atoms with Crippen molar-refractivity contribution in [3.63, 3.8) is 0 Å². The summed E-state index contributed by atoms with van der Waals surface area (Å²) >= 11 is 18.6. The Morgan fingerprint density at radius 3 is 2.24 bits per heavy atom. The van der Waals surface area contributed by atoms with Gasteiger partial charge in [0.25, 0.3) is 5.91 Å². The second kappa shape index (κ2) is 6.66. The minimum atomic E-state index is -1.14. The highest BCUT2D eigenvalue weighted by Gasteiger charge is 2.24. The van der Waals surface area contributed by atoms with Crippen LogP contribution in [0.15, 0.2) is 30.3 Å². The Balaban J connectivity index is 2.40. The van der Waals surface area contributed by atoms with Crippen molar-refractivity contribution in [3.8, 4) is 0 Å². The van der Waals surface area contributed by atoms with E-state index in [1.807, 2.05) is 0 Å². The molecule has 0 radical (unpaired) electrons. The van der Waals surface area contributed by atoms with Crippen molar-refractivity contribution in [2.24, 2.45) is 0 Å². The Kier molecular flexibility index (Phi) is 5.11. The Morgan fingerprint density at radius 2 is 1.76 bits per heavy atom. The predicted octanol–water partition coefficient (Wildman–Crippen LogP) is 4.44. The van der Waals surface area contributed by atoms with Crippen LogP contribution in [0.25, 0.3) is 0 Å². The number of anilines is 1. The van der Waals surface area contributed by atoms with Crippen LogP contribution < -0.4 is 4.90 Å². The molecule has 2 aromatic rings. The van der Waals surface area contributed by atoms with Crippen LogP contribution >= 0.6 is 46.1 Å². The number of aliphatic carboxylic acids is 1. The number of amides is 1. The maximum absolute atomic E-state index is 12.5. The quantitative estimate of drug-likeness (QED) is 0.872. The molecule has 0 aliphatic heterocycles. The summed E-state index contributed by atoms with van der Waals surface area (Å²) in [5.74, 6) is -1.68. The van der Waals surface area contributed by atoms with Crippen LogP contribution in [-0.4, -0.2) is 23.5 Å². The summed E-state index contributed by atoms with van der Waals surface area (Å²) in [6, 6.07) is 7.68. The van der Waals surface area contributed by atoms with Crippen molar-refractivity contribution >= 4 is 63.7 Å². The zero-order valence-corrected chi connectivity index (χ0v) is 13.4. The summed E-state index contributed by atoms with van der Waals surface area (Å²) in [7, 11) is 0. The number of halogens is 3. The van der Waals surface area contributed by atoms with Crippen molar-refractivity contribution in [2.75, 3.05) is 11.4 Å². The summed E-state index contributed by atoms with van der Waals surface area (Å²) in [6.45, 7) is -0.496. The Morgan fingerprint density at radius 1 is 1.14 bits per heavy atom. The van der Waals surface area contributed by atoms with Gasteiger partial charge in [0.15, 0.2) is 0 Å². The van der Waals surface area contributed by atoms with Crippen molar-refractivity contribution in [2.45, 2.75) is 0 Å². The molecule has 0 bridgehead atoms. The number of hydrogen-bond acceptors (Lipinski definition) is 3. The number of nitrogens with zero attached hydrogens (tertiary/aromatic N) is 1. The molecule has 1 N–H and O–H groups in total. The zero-order valence-electron chi connectivity index (χ0n) is 10.3. The van der Waals surface area contributed by atoms with E-state index in [1.54, 1.807) is 24.3 Å². The molecule has 2 rings (SSSR count). The van der Waals surface area contributed by atoms with E-state index in [0.717, 1.165) is 16.2 Å². The predicted molar refractivity (Wildman–Crippen MR) is 85.1 cm³/mol. The number of carbonyl (C=O) groups is 2. The minimum absolute atomic E-state index is 0.169. The van der Waals surface area contributed by atoms with Gasteiger partial charge in [-0.3, -0.25) is 14.5 Å². The molecule has 0 spiro atoms. The molecule has 1 amide bonds. The van der Waals surface area contributed by atoms with Crippen molar-refractivity contribution in [3.05, 3.63) is 49.6 Å². The maximum atomic E-state index is 12.5. The standard InChI is InChI=1S/C13H8Cl3NO3S/c14-7-1-3-8(4-2-7)17(6-11(18)19)13(20)9-5-10(15)21-12(9)16/h1-5H,6H2,(H,18,19). The fraction of sp³-hybridized carbons (Fsp3) is 0.0769. The molecule has 0 unspecified atom stereocenters. The summed E-state index contributed by atoms with van der Waals surface area (Å²) in [6.07, 6.45) is 0. The molecule has 0 atom stereocenters. The molecule has 1 heterocycles. The van der Waals surface area contributed by atoms with Gasteiger partial charge in [0.2, 0.25) is 0 Å². The number of carboxylic acid groups (broad SMARTS) is 1. The summed E-state index contributed by atoms with van der Waals surface area (Å²) in [5.41, 5.74) is 0.577. The minimum Gasteiger partial charge on any atom is -0.480 e. The monoisotopic (exact) mass is 363 g/mol. The normalized spacial score (nSPS) is 10.4. The Bertz CT molecular complexity index is 684. The van der Waals surface area contributed by atoms with Crippen LogP contribution in [0.4, 0.5) is 5.69 Å². The van der Waals surface area contributed by atoms with Crippen LogP contribution in [0.5, 0.6) is 0 Å². The number of benzene rings is 1. The van der Waals surface area contributed by atoms with Gasteiger partial charge in [-0.1, -0.05) is 34.8 Å². The van der Waals surface area contributed by atoms with E-state index in [2.05, 4.69) is 0 Å². The van der Waals surface area contributed by atoms with Gasteiger partial charge >= 0.3 is 5.97 Å². The summed E-state index contributed by atoms with van der Waals surface area (Å²) in [4.78, 5) is 24.6. The first-order chi connectivity index (χ1) is 9.88. The summed E-state index contributed by atoms with van der Waals surface area (Å²) in [5, 5.41) is 9.48. The fourth-order valence-electron chi connectivity index (χ4n) is 1.67. The van der Waals surface area contributed by atoms with E-state index in [9.17, 15) is 9.59 Å². The number of rotatable bonds is 4. The van der Waals surface area contributed by atoms with E-state index in [4.69, 9.17) is 39.9 Å². The van der Waals surface area contributed by atoms with Crippen LogP contribution in [0.3, 0.4) is 0 Å². The van der Waals surface area contributed by atoms with Crippen molar-refractivity contribution in [1.82, 2.24) is 0 Å². The second-order valence-corrected chi connectivity index (χ2v) is 6.72. The van der Waals surface area contributed by atoms with Crippen LogP contribution in [0.1, 0.15) is 10.4 Å². The van der Waals surface area contributed by atoms with E-state index in [1.165, 1.54) is 6.07 Å². The number of carbonyl (C=O) groups excluding carboxylic acids is 1. The lowest BCUT2D eigenvalue weighted by molar-refractivity contribution is -0.135. The number of thiophene rings is 1. The molecule has 110 valence electrons. The van der Waals surface area contributed by atoms with Crippen molar-refractivity contribution < 1.29 is 14.7 Å². The Labute approximate surface area is 139 Å². The van der Waals surface area contributed by atoms with Gasteiger partial charge in [-0.05, 0) is 30.3 Å². The largest absolute Gasteiger partial charge is 0.480 e. The summed E-state index contributed by atoms with van der Waals surface area (Å²) < 4.78 is 0.573. The Hall–Kier alpha value is -1.27. The first-order valence-corrected chi connectivity index (χ1v) is 7.57. The lowest BCUT2D eigenvalue weighted by Crippen LogP contribution is -2.35. The van der Waals surface area contributed by atoms with Gasteiger partial charge < -0.3 is 5.11 Å². The highest BCUT2D eigenvalue weighted by atomic mass is 35.5. The number of hydrogen-bond donors (Lipinski definition) is 1. The molecular formula is C13H8Cl3NO3S. The molecule has 0 aliphatic rings. The van der Waals surface area contributed by atoms with Gasteiger partial charge in [-0.2, -0.15) is 0 Å². The van der Waals surface area contributed by atoms with Crippen LogP contribution in [0.2, 0.25) is 13.7 Å². The van der Waals surface area contributed by atoms with Crippen LogP contribution in [-0.2, 0) is 4.79 Å². The molecule has 0 aliphatic carbocycles. The molecule has 0 saturated carbocycles. The number of carboxylic acids is 1. The first-order valence-electron chi connectivity index (χ1n) is 5.62. The first kappa shape index (κ1) is 16.1. The van der Waals surface area contributed by atoms with E-state index in [-0.39, 0.29) is 9.90 Å². The second-order valence-electron chi connectivity index (χ2n) is 4.00. The average Bonchev–Trinajstić information content (AvgIpc) is 2.75. The zero-order chi connectivity index (χ0) is 15.6. The lowest BCUT2D eigenvalue weighted by Gasteiger charge is -2.20. The molecule has 0 fully saturated rings. The SMILES string of the molecule is O=C(O)CN(C(=O)c1cc(Cl)sc1Cl)c1ccc(Cl)cc1. The van der Waals surface area contributed by atoms with Gasteiger partial charge in [-0.25, -0.2) is 0 Å². The third-order valence-electron chi connectivity index (χ3n) is 2.56. The van der Waals surface area contributed by atoms with E-state index < -0.39 is 18.4 Å². The van der Waals surface area contributed by atoms with Gasteiger partial charge in [0, 0.05) is 10.7 Å². The average molecular weight is 365 g/mol. The van der Waals surface area contributed by atoms with Crippen molar-refractivity contribution in [1.29, 1.82) is 0 Å². The maximum Gasteiger partial charge on any atom is 0.323 e. The van der Waals surface area contributed by atoms with Crippen LogP contribution in [0, 0.1) is 0 Å². The molecule has 4 nitrogen and oxygen atoms in total. The smallest absolute Gasteiger partial charge is 0.323 e. The van der Waals surface area contributed by atoms with Gasteiger partial charge in [0.05, 0.1) is 9.90 Å². The molecule has 1 aromatic heterocycles. The third kappa shape index (κ3) is 3.89. The highest BCUT2D eigenvalue weighted by molar-refractivity contribution is 7.20. The third-order valence-corrected chi connectivity index (χ3v) is 4.30. The fourth-order valence-corrected chi connectivity index (χ4v) is 3.24. The molecular weight excluding hydrogens is 357 g/mol. The molecule has 0 saturated heterocycles. The topological polar surface area (TPSA) is 57.6 Å². The van der Waals surface area contributed by atoms with E-state index in [0.29, 0.717) is 15.0 Å². The lowest BCUT2D eigenvalue weighted by atomic mass is 10.2. The van der Waals surface area contributed by atoms with E-state index >= 15 is 0 Å². The molecule has 8 heteroatoms. The highest BCUT2D eigenvalue weighted by Crippen LogP contribution is 2.33.